The second kappa shape index (κ2) is 8.79. The number of anilines is 1. The fourth-order valence-electron chi connectivity index (χ4n) is 2.07. The van der Waals surface area contributed by atoms with E-state index in [9.17, 15) is 9.18 Å². The normalized spacial score (nSPS) is 11.9. The highest BCUT2D eigenvalue weighted by molar-refractivity contribution is 6.02. The molecule has 0 bridgehead atoms. The molecule has 0 spiro atoms. The molecule has 0 radical (unpaired) electrons. The maximum atomic E-state index is 12.9. The molecule has 126 valence electrons. The number of hydrogen-bond acceptors (Lipinski definition) is 3. The molecule has 1 aromatic carbocycles. The second-order valence-corrected chi connectivity index (χ2v) is 5.14. The van der Waals surface area contributed by atoms with Crippen molar-refractivity contribution in [3.63, 3.8) is 0 Å². The molecule has 1 amide bonds. The van der Waals surface area contributed by atoms with Gasteiger partial charge in [0, 0.05) is 24.9 Å². The maximum absolute atomic E-state index is 12.9. The predicted octanol–water partition coefficient (Wildman–Crippen LogP) is 3.49. The van der Waals surface area contributed by atoms with Gasteiger partial charge in [-0.1, -0.05) is 18.2 Å². The fourth-order valence-corrected chi connectivity index (χ4v) is 2.07. The van der Waals surface area contributed by atoms with Crippen molar-refractivity contribution in [1.29, 1.82) is 0 Å². The Morgan fingerprint density at radius 3 is 2.79 bits per heavy atom. The van der Waals surface area contributed by atoms with Crippen LogP contribution in [-0.4, -0.2) is 29.8 Å². The standard InChI is InChI=1S/C18H20FN3O2/c1-3-13(5-4-10-24-2)11-16-12-17(22-21-16)18(23)20-15-8-6-14(19)7-9-15/h3-9,12H,10-11H2,1-2H3,(H,20,23)(H,21,22)/b5-4-,13-3+. The van der Waals surface area contributed by atoms with E-state index in [4.69, 9.17) is 4.74 Å². The van der Waals surface area contributed by atoms with Crippen molar-refractivity contribution in [2.45, 2.75) is 13.3 Å². The van der Waals surface area contributed by atoms with E-state index in [1.54, 1.807) is 13.2 Å². The number of aromatic nitrogens is 2. The van der Waals surface area contributed by atoms with Gasteiger partial charge in [-0.15, -0.1) is 0 Å². The number of rotatable bonds is 7. The van der Waals surface area contributed by atoms with Crippen LogP contribution in [0.25, 0.3) is 0 Å². The number of nitrogens with zero attached hydrogens (tertiary/aromatic N) is 1. The number of carbonyl (C=O) groups is 1. The van der Waals surface area contributed by atoms with Gasteiger partial charge in [-0.3, -0.25) is 9.89 Å². The van der Waals surface area contributed by atoms with Gasteiger partial charge < -0.3 is 10.1 Å². The minimum absolute atomic E-state index is 0.283. The summed E-state index contributed by atoms with van der Waals surface area (Å²) < 4.78 is 17.8. The predicted molar refractivity (Wildman–Crippen MR) is 91.4 cm³/mol. The first-order valence-electron chi connectivity index (χ1n) is 7.54. The summed E-state index contributed by atoms with van der Waals surface area (Å²) in [6.45, 7) is 2.50. The Hall–Kier alpha value is -2.73. The SMILES string of the molecule is C/C=C(\C=C/COC)Cc1cc(C(=O)Nc2ccc(F)cc2)n[nH]1. The topological polar surface area (TPSA) is 67.0 Å². The molecule has 0 aliphatic carbocycles. The van der Waals surface area contributed by atoms with E-state index in [1.165, 1.54) is 24.3 Å². The van der Waals surface area contributed by atoms with Gasteiger partial charge in [0.25, 0.3) is 5.91 Å². The summed E-state index contributed by atoms with van der Waals surface area (Å²) in [6.07, 6.45) is 6.52. The summed E-state index contributed by atoms with van der Waals surface area (Å²) in [7, 11) is 1.64. The van der Waals surface area contributed by atoms with Crippen molar-refractivity contribution in [2.24, 2.45) is 0 Å². The first kappa shape index (κ1) is 17.6. The summed E-state index contributed by atoms with van der Waals surface area (Å²) in [4.78, 5) is 12.1. The number of methoxy groups -OCH3 is 1. The van der Waals surface area contributed by atoms with Crippen LogP contribution >= 0.6 is 0 Å². The quantitative estimate of drug-likeness (QED) is 0.764. The van der Waals surface area contributed by atoms with Crippen LogP contribution in [0.1, 0.15) is 23.1 Å². The van der Waals surface area contributed by atoms with Crippen molar-refractivity contribution in [3.8, 4) is 0 Å². The van der Waals surface area contributed by atoms with E-state index in [0.29, 0.717) is 18.7 Å². The number of ether oxygens (including phenoxy) is 1. The number of carbonyl (C=O) groups excluding carboxylic acids is 1. The van der Waals surface area contributed by atoms with Gasteiger partial charge in [0.15, 0.2) is 5.69 Å². The molecule has 24 heavy (non-hydrogen) atoms. The Bertz CT molecular complexity index is 733. The number of aromatic amines is 1. The molecule has 0 saturated carbocycles. The van der Waals surface area contributed by atoms with Gasteiger partial charge in [-0.05, 0) is 42.8 Å². The molecular weight excluding hydrogens is 309 g/mol. The van der Waals surface area contributed by atoms with E-state index >= 15 is 0 Å². The van der Waals surface area contributed by atoms with Gasteiger partial charge in [-0.2, -0.15) is 5.10 Å². The van der Waals surface area contributed by atoms with Crippen LogP contribution in [0.2, 0.25) is 0 Å². The Morgan fingerprint density at radius 2 is 2.12 bits per heavy atom. The van der Waals surface area contributed by atoms with Gasteiger partial charge in [0.1, 0.15) is 5.82 Å². The number of hydrogen-bond donors (Lipinski definition) is 2. The van der Waals surface area contributed by atoms with E-state index in [-0.39, 0.29) is 17.4 Å². The summed E-state index contributed by atoms with van der Waals surface area (Å²) >= 11 is 0. The zero-order chi connectivity index (χ0) is 17.4. The van der Waals surface area contributed by atoms with Crippen LogP contribution in [-0.2, 0) is 11.2 Å². The second-order valence-electron chi connectivity index (χ2n) is 5.14. The van der Waals surface area contributed by atoms with Crippen LogP contribution in [0.4, 0.5) is 10.1 Å². The number of benzene rings is 1. The molecule has 0 aliphatic rings. The largest absolute Gasteiger partial charge is 0.381 e. The minimum atomic E-state index is -0.351. The van der Waals surface area contributed by atoms with Gasteiger partial charge in [-0.25, -0.2) is 4.39 Å². The number of H-pyrrole nitrogens is 1. The summed E-state index contributed by atoms with van der Waals surface area (Å²) in [5, 5.41) is 9.56. The smallest absolute Gasteiger partial charge is 0.276 e. The zero-order valence-electron chi connectivity index (χ0n) is 13.7. The molecule has 0 saturated heterocycles. The summed E-state index contributed by atoms with van der Waals surface area (Å²) in [5.74, 6) is -0.698. The number of nitrogens with one attached hydrogen (secondary N) is 2. The van der Waals surface area contributed by atoms with Gasteiger partial charge in [0.05, 0.1) is 6.61 Å². The highest BCUT2D eigenvalue weighted by atomic mass is 19.1. The molecule has 6 heteroatoms. The molecule has 5 nitrogen and oxygen atoms in total. The van der Waals surface area contributed by atoms with E-state index in [0.717, 1.165) is 11.3 Å². The van der Waals surface area contributed by atoms with Gasteiger partial charge in [0.2, 0.25) is 0 Å². The Kier molecular flexibility index (Phi) is 6.45. The molecule has 1 aromatic heterocycles. The Morgan fingerprint density at radius 1 is 1.38 bits per heavy atom. The molecule has 0 atom stereocenters. The lowest BCUT2D eigenvalue weighted by atomic mass is 10.1. The van der Waals surface area contributed by atoms with Crippen molar-refractivity contribution < 1.29 is 13.9 Å². The third kappa shape index (κ3) is 5.17. The molecular formula is C18H20FN3O2. The van der Waals surface area contributed by atoms with Crippen molar-refractivity contribution in [1.82, 2.24) is 10.2 Å². The third-order valence-electron chi connectivity index (χ3n) is 3.33. The fraction of sp³-hybridized carbons (Fsp3) is 0.222. The molecule has 1 heterocycles. The Balaban J connectivity index is 1.99. The third-order valence-corrected chi connectivity index (χ3v) is 3.33. The minimum Gasteiger partial charge on any atom is -0.381 e. The summed E-state index contributed by atoms with van der Waals surface area (Å²) in [6, 6.07) is 7.28. The van der Waals surface area contributed by atoms with Crippen LogP contribution in [0.3, 0.4) is 0 Å². The number of allylic oxidation sites excluding steroid dienone is 3. The lowest BCUT2D eigenvalue weighted by Gasteiger charge is -2.02. The molecule has 0 unspecified atom stereocenters. The Labute approximate surface area is 140 Å². The molecule has 0 aliphatic heterocycles. The highest BCUT2D eigenvalue weighted by Gasteiger charge is 2.11. The van der Waals surface area contributed by atoms with Crippen LogP contribution in [0, 0.1) is 5.82 Å². The van der Waals surface area contributed by atoms with Crippen LogP contribution in [0.15, 0.2) is 54.1 Å². The monoisotopic (exact) mass is 329 g/mol. The average Bonchev–Trinajstić information content (AvgIpc) is 3.05. The van der Waals surface area contributed by atoms with E-state index < -0.39 is 0 Å². The molecule has 2 N–H and O–H groups in total. The lowest BCUT2D eigenvalue weighted by Crippen LogP contribution is -2.12. The van der Waals surface area contributed by atoms with Crippen LogP contribution < -0.4 is 5.32 Å². The van der Waals surface area contributed by atoms with Crippen LogP contribution in [0.5, 0.6) is 0 Å². The van der Waals surface area contributed by atoms with Crippen molar-refractivity contribution in [3.05, 3.63) is 71.3 Å². The lowest BCUT2D eigenvalue weighted by molar-refractivity contribution is 0.102. The highest BCUT2D eigenvalue weighted by Crippen LogP contribution is 2.12. The first-order valence-corrected chi connectivity index (χ1v) is 7.54. The van der Waals surface area contributed by atoms with E-state index in [1.807, 2.05) is 25.2 Å². The zero-order valence-corrected chi connectivity index (χ0v) is 13.7. The number of amides is 1. The summed E-state index contributed by atoms with van der Waals surface area (Å²) in [5.41, 5.74) is 2.71. The molecule has 0 fully saturated rings. The first-order chi connectivity index (χ1) is 11.6. The number of halogens is 1. The van der Waals surface area contributed by atoms with Gasteiger partial charge >= 0.3 is 0 Å². The average molecular weight is 329 g/mol. The molecule has 2 rings (SSSR count). The van der Waals surface area contributed by atoms with E-state index in [2.05, 4.69) is 15.5 Å². The maximum Gasteiger partial charge on any atom is 0.276 e. The molecule has 2 aromatic rings. The van der Waals surface area contributed by atoms with Crippen molar-refractivity contribution in [2.75, 3.05) is 19.0 Å². The van der Waals surface area contributed by atoms with Crippen molar-refractivity contribution >= 4 is 11.6 Å².